The van der Waals surface area contributed by atoms with Gasteiger partial charge in [0.1, 0.15) is 12.4 Å². The van der Waals surface area contributed by atoms with Crippen LogP contribution in [0.15, 0.2) is 77.8 Å². The Labute approximate surface area is 217 Å². The summed E-state index contributed by atoms with van der Waals surface area (Å²) in [6.07, 6.45) is 3.60. The van der Waals surface area contributed by atoms with Crippen molar-refractivity contribution < 1.29 is 18.8 Å². The van der Waals surface area contributed by atoms with E-state index < -0.39 is 17.1 Å². The molecule has 186 valence electrons. The molecule has 3 aromatic carbocycles. The number of thioether (sulfide) groups is 1. The second-order valence-electron chi connectivity index (χ2n) is 8.92. The van der Waals surface area contributed by atoms with E-state index in [0.29, 0.717) is 12.2 Å². The number of nitrogens with zero attached hydrogens (tertiary/aromatic N) is 2. The number of amides is 3. The molecular weight excluding hydrogens is 489 g/mol. The van der Waals surface area contributed by atoms with Crippen molar-refractivity contribution in [3.63, 3.8) is 0 Å². The van der Waals surface area contributed by atoms with Gasteiger partial charge < -0.3 is 9.88 Å². The summed E-state index contributed by atoms with van der Waals surface area (Å²) in [4.78, 5) is 39.6. The Morgan fingerprint density at radius 3 is 2.54 bits per heavy atom. The molecule has 1 aliphatic rings. The zero-order chi connectivity index (χ0) is 26.1. The standard InChI is InChI=1S/C29H24FN3O3S/c1-18-6-5-8-24(19(18)2)31-27(34)17-33-28(35)26(37-29(33)36)14-21-16-32(25-9-4-3-7-23(21)25)15-20-10-12-22(30)13-11-20/h3-14,16H,15,17H2,1-2H3,(H,31,34)/b26-14-. The van der Waals surface area contributed by atoms with Crippen LogP contribution in [0.5, 0.6) is 0 Å². The number of benzene rings is 3. The van der Waals surface area contributed by atoms with E-state index in [9.17, 15) is 18.8 Å². The average Bonchev–Trinajstić information content (AvgIpc) is 3.35. The van der Waals surface area contributed by atoms with Crippen LogP contribution in [-0.4, -0.2) is 33.1 Å². The molecular formula is C29H24FN3O3S. The molecule has 0 unspecified atom stereocenters. The first kappa shape index (κ1) is 24.5. The molecule has 37 heavy (non-hydrogen) atoms. The van der Waals surface area contributed by atoms with Crippen molar-refractivity contribution in [3.05, 3.63) is 106 Å². The van der Waals surface area contributed by atoms with Crippen LogP contribution in [0.1, 0.15) is 22.3 Å². The highest BCUT2D eigenvalue weighted by molar-refractivity contribution is 8.18. The van der Waals surface area contributed by atoms with Crippen LogP contribution >= 0.6 is 11.8 Å². The number of rotatable bonds is 6. The summed E-state index contributed by atoms with van der Waals surface area (Å²) in [5.41, 5.74) is 5.28. The highest BCUT2D eigenvalue weighted by Gasteiger charge is 2.36. The second-order valence-corrected chi connectivity index (χ2v) is 9.91. The molecule has 1 N–H and O–H groups in total. The molecule has 0 spiro atoms. The maximum absolute atomic E-state index is 13.3. The first-order valence-corrected chi connectivity index (χ1v) is 12.6. The van der Waals surface area contributed by atoms with E-state index in [1.807, 2.05) is 61.0 Å². The number of hydrogen-bond acceptors (Lipinski definition) is 4. The van der Waals surface area contributed by atoms with Crippen LogP contribution in [0.25, 0.3) is 17.0 Å². The lowest BCUT2D eigenvalue weighted by Crippen LogP contribution is -2.36. The van der Waals surface area contributed by atoms with Gasteiger partial charge in [-0.3, -0.25) is 19.3 Å². The average molecular weight is 514 g/mol. The maximum Gasteiger partial charge on any atom is 0.294 e. The summed E-state index contributed by atoms with van der Waals surface area (Å²) in [6.45, 7) is 4.01. The first-order chi connectivity index (χ1) is 17.8. The SMILES string of the molecule is Cc1cccc(NC(=O)CN2C(=O)S/C(=C\c3cn(Cc4ccc(F)cc4)c4ccccc34)C2=O)c1C. The van der Waals surface area contributed by atoms with Crippen molar-refractivity contribution in [1.29, 1.82) is 0 Å². The van der Waals surface area contributed by atoms with E-state index in [1.165, 1.54) is 12.1 Å². The van der Waals surface area contributed by atoms with Gasteiger partial charge in [0, 0.05) is 34.9 Å². The number of halogens is 1. The molecule has 3 amide bonds. The van der Waals surface area contributed by atoms with Gasteiger partial charge in [0.25, 0.3) is 11.1 Å². The largest absolute Gasteiger partial charge is 0.342 e. The summed E-state index contributed by atoms with van der Waals surface area (Å²) >= 11 is 0.822. The zero-order valence-corrected chi connectivity index (χ0v) is 21.1. The molecule has 0 atom stereocenters. The van der Waals surface area contributed by atoms with Gasteiger partial charge in [-0.05, 0) is 72.6 Å². The lowest BCUT2D eigenvalue weighted by Gasteiger charge is -2.14. The van der Waals surface area contributed by atoms with Gasteiger partial charge in [-0.1, -0.05) is 42.5 Å². The van der Waals surface area contributed by atoms with Gasteiger partial charge in [-0.25, -0.2) is 4.39 Å². The Hall–Kier alpha value is -4.17. The summed E-state index contributed by atoms with van der Waals surface area (Å²) in [5, 5.41) is 3.23. The molecule has 2 heterocycles. The molecule has 4 aromatic rings. The fourth-order valence-electron chi connectivity index (χ4n) is 4.30. The van der Waals surface area contributed by atoms with E-state index in [4.69, 9.17) is 0 Å². The van der Waals surface area contributed by atoms with Gasteiger partial charge in [0.15, 0.2) is 0 Å². The molecule has 1 saturated heterocycles. The summed E-state index contributed by atoms with van der Waals surface area (Å²) in [5.74, 6) is -1.23. The normalized spacial score (nSPS) is 14.7. The van der Waals surface area contributed by atoms with Crippen LogP contribution in [-0.2, 0) is 16.1 Å². The zero-order valence-electron chi connectivity index (χ0n) is 20.3. The molecule has 1 aromatic heterocycles. The summed E-state index contributed by atoms with van der Waals surface area (Å²) < 4.78 is 15.4. The van der Waals surface area contributed by atoms with Crippen molar-refractivity contribution in [2.75, 3.05) is 11.9 Å². The molecule has 0 bridgehead atoms. The van der Waals surface area contributed by atoms with Crippen LogP contribution in [0.3, 0.4) is 0 Å². The predicted molar refractivity (Wildman–Crippen MR) is 145 cm³/mol. The van der Waals surface area contributed by atoms with Crippen molar-refractivity contribution in [3.8, 4) is 0 Å². The van der Waals surface area contributed by atoms with Crippen molar-refractivity contribution in [1.82, 2.24) is 9.47 Å². The number of anilines is 1. The number of hydrogen-bond donors (Lipinski definition) is 1. The third-order valence-corrected chi connectivity index (χ3v) is 7.33. The van der Waals surface area contributed by atoms with E-state index in [0.717, 1.165) is 49.8 Å². The van der Waals surface area contributed by atoms with Gasteiger partial charge in [-0.2, -0.15) is 0 Å². The van der Waals surface area contributed by atoms with Crippen LogP contribution in [0, 0.1) is 19.7 Å². The third-order valence-electron chi connectivity index (χ3n) is 6.43. The van der Waals surface area contributed by atoms with Gasteiger partial charge in [0.2, 0.25) is 5.91 Å². The van der Waals surface area contributed by atoms with Crippen molar-refractivity contribution in [2.24, 2.45) is 0 Å². The molecule has 0 aliphatic carbocycles. The number of imide groups is 1. The molecule has 5 rings (SSSR count). The number of aryl methyl sites for hydroxylation is 1. The highest BCUT2D eigenvalue weighted by atomic mass is 32.2. The Morgan fingerprint density at radius 2 is 1.76 bits per heavy atom. The summed E-state index contributed by atoms with van der Waals surface area (Å²) in [6, 6.07) is 19.6. The molecule has 1 aliphatic heterocycles. The predicted octanol–water partition coefficient (Wildman–Crippen LogP) is 6.12. The smallest absolute Gasteiger partial charge is 0.294 e. The number of aromatic nitrogens is 1. The topological polar surface area (TPSA) is 71.4 Å². The molecule has 8 heteroatoms. The Kier molecular flexibility index (Phi) is 6.67. The van der Waals surface area contributed by atoms with E-state index in [1.54, 1.807) is 24.3 Å². The molecule has 1 fully saturated rings. The summed E-state index contributed by atoms with van der Waals surface area (Å²) in [7, 11) is 0. The van der Waals surface area contributed by atoms with E-state index >= 15 is 0 Å². The van der Waals surface area contributed by atoms with Crippen LogP contribution < -0.4 is 5.32 Å². The Bertz CT molecular complexity index is 1570. The minimum absolute atomic E-state index is 0.259. The van der Waals surface area contributed by atoms with Crippen molar-refractivity contribution >= 4 is 51.5 Å². The number of nitrogens with one attached hydrogen (secondary N) is 1. The van der Waals surface area contributed by atoms with Gasteiger partial charge >= 0.3 is 0 Å². The van der Waals surface area contributed by atoms with E-state index in [-0.39, 0.29) is 17.3 Å². The molecule has 0 radical (unpaired) electrons. The number of fused-ring (bicyclic) bond motifs is 1. The van der Waals surface area contributed by atoms with E-state index in [2.05, 4.69) is 5.32 Å². The molecule has 6 nitrogen and oxygen atoms in total. The lowest BCUT2D eigenvalue weighted by molar-refractivity contribution is -0.127. The van der Waals surface area contributed by atoms with Crippen LogP contribution in [0.4, 0.5) is 14.9 Å². The number of para-hydroxylation sites is 1. The monoisotopic (exact) mass is 513 g/mol. The van der Waals surface area contributed by atoms with Gasteiger partial charge in [-0.15, -0.1) is 0 Å². The van der Waals surface area contributed by atoms with Gasteiger partial charge in [0.05, 0.1) is 4.91 Å². The lowest BCUT2D eigenvalue weighted by atomic mass is 10.1. The number of carbonyl (C=O) groups is 3. The van der Waals surface area contributed by atoms with Crippen LogP contribution in [0.2, 0.25) is 0 Å². The molecule has 0 saturated carbocycles. The fourth-order valence-corrected chi connectivity index (χ4v) is 5.13. The minimum Gasteiger partial charge on any atom is -0.342 e. The second kappa shape index (κ2) is 10.1. The third kappa shape index (κ3) is 5.06. The van der Waals surface area contributed by atoms with Crippen molar-refractivity contribution in [2.45, 2.75) is 20.4 Å². The quantitative estimate of drug-likeness (QED) is 0.315. The Morgan fingerprint density at radius 1 is 1.00 bits per heavy atom. The number of carbonyl (C=O) groups excluding carboxylic acids is 3. The Balaban J connectivity index is 1.37. The highest BCUT2D eigenvalue weighted by Crippen LogP contribution is 2.34. The maximum atomic E-state index is 13.3. The fraction of sp³-hybridized carbons (Fsp3) is 0.138. The first-order valence-electron chi connectivity index (χ1n) is 11.7. The minimum atomic E-state index is -0.499.